The molecule has 4 amide bonds. The molecular formula is C23H23N3O7S. The summed E-state index contributed by atoms with van der Waals surface area (Å²) in [4.78, 5) is 65.3. The van der Waals surface area contributed by atoms with Gasteiger partial charge in [-0.1, -0.05) is 6.07 Å². The van der Waals surface area contributed by atoms with Crippen LogP contribution in [0.1, 0.15) is 50.9 Å². The highest BCUT2D eigenvalue weighted by atomic mass is 32.1. The van der Waals surface area contributed by atoms with Gasteiger partial charge in [0.25, 0.3) is 5.91 Å². The van der Waals surface area contributed by atoms with Crippen LogP contribution in [0.15, 0.2) is 24.3 Å². The number of rotatable bonds is 5. The Morgan fingerprint density at radius 1 is 1.12 bits per heavy atom. The second kappa shape index (κ2) is 9.64. The number of carbonyl (C=O) groups is 5. The minimum atomic E-state index is -0.552. The number of thiophene rings is 1. The lowest BCUT2D eigenvalue weighted by Gasteiger charge is -2.25. The second-order valence-corrected chi connectivity index (χ2v) is 8.80. The zero-order valence-corrected chi connectivity index (χ0v) is 19.5. The van der Waals surface area contributed by atoms with Gasteiger partial charge in [0, 0.05) is 29.8 Å². The maximum absolute atomic E-state index is 13.1. The van der Waals surface area contributed by atoms with Crippen molar-refractivity contribution in [2.24, 2.45) is 0 Å². The number of carbonyl (C=O) groups excluding carboxylic acids is 5. The van der Waals surface area contributed by atoms with Crippen LogP contribution in [0.25, 0.3) is 0 Å². The number of nitrogens with one attached hydrogen (secondary N) is 1. The summed E-state index contributed by atoms with van der Waals surface area (Å²) in [6, 6.07) is 6.20. The van der Waals surface area contributed by atoms with Crippen molar-refractivity contribution < 1.29 is 33.4 Å². The van der Waals surface area contributed by atoms with E-state index in [-0.39, 0.29) is 48.9 Å². The number of amides is 4. The molecule has 1 fully saturated rings. The number of methoxy groups -OCH3 is 1. The van der Waals surface area contributed by atoms with Crippen molar-refractivity contribution in [3.63, 3.8) is 0 Å². The molecule has 1 N–H and O–H groups in total. The first kappa shape index (κ1) is 23.4. The molecule has 0 aliphatic carbocycles. The normalized spacial score (nSPS) is 15.2. The SMILES string of the molecule is CCOC(=O)c1c(NC(=O)c2cccc(N3C(=O)CCC3=O)c2)sc2c1CCN(C(=O)OC)C2. The number of benzene rings is 1. The van der Waals surface area contributed by atoms with Crippen LogP contribution in [0.5, 0.6) is 0 Å². The van der Waals surface area contributed by atoms with Gasteiger partial charge >= 0.3 is 12.1 Å². The third-order valence-corrected chi connectivity index (χ3v) is 6.75. The van der Waals surface area contributed by atoms with Gasteiger partial charge in [0.2, 0.25) is 11.8 Å². The Kier molecular flexibility index (Phi) is 6.64. The monoisotopic (exact) mass is 485 g/mol. The van der Waals surface area contributed by atoms with E-state index >= 15 is 0 Å². The van der Waals surface area contributed by atoms with Crippen LogP contribution in [-0.2, 0) is 32.0 Å². The largest absolute Gasteiger partial charge is 0.462 e. The number of esters is 1. The molecule has 0 unspecified atom stereocenters. The molecule has 34 heavy (non-hydrogen) atoms. The minimum absolute atomic E-state index is 0.140. The third kappa shape index (κ3) is 4.38. The Morgan fingerprint density at radius 2 is 1.85 bits per heavy atom. The molecule has 1 aromatic heterocycles. The van der Waals surface area contributed by atoms with Crippen LogP contribution in [-0.4, -0.2) is 54.9 Å². The van der Waals surface area contributed by atoms with Gasteiger partial charge in [-0.25, -0.2) is 9.59 Å². The standard InChI is InChI=1S/C23H23N3O7S/c1-3-33-22(30)19-15-9-10-25(23(31)32-2)12-16(15)34-21(19)24-20(29)13-5-4-6-14(11-13)26-17(27)7-8-18(26)28/h4-6,11H,3,7-10,12H2,1-2H3,(H,24,29). The zero-order chi connectivity index (χ0) is 24.4. The molecule has 0 saturated carbocycles. The van der Waals surface area contributed by atoms with Crippen molar-refractivity contribution in [1.82, 2.24) is 4.90 Å². The van der Waals surface area contributed by atoms with Crippen molar-refractivity contribution in [3.8, 4) is 0 Å². The van der Waals surface area contributed by atoms with Crippen LogP contribution in [0.4, 0.5) is 15.5 Å². The maximum Gasteiger partial charge on any atom is 0.409 e. The van der Waals surface area contributed by atoms with Gasteiger partial charge in [-0.3, -0.25) is 19.3 Å². The molecule has 4 rings (SSSR count). The van der Waals surface area contributed by atoms with Crippen molar-refractivity contribution in [3.05, 3.63) is 45.8 Å². The van der Waals surface area contributed by atoms with Crippen LogP contribution in [0.2, 0.25) is 0 Å². The smallest absolute Gasteiger partial charge is 0.409 e. The topological polar surface area (TPSA) is 122 Å². The van der Waals surface area contributed by atoms with Crippen molar-refractivity contribution in [1.29, 1.82) is 0 Å². The fourth-order valence-corrected chi connectivity index (χ4v) is 5.27. The van der Waals surface area contributed by atoms with E-state index in [1.807, 2.05) is 0 Å². The number of fused-ring (bicyclic) bond motifs is 1. The quantitative estimate of drug-likeness (QED) is 0.510. The Morgan fingerprint density at radius 3 is 2.53 bits per heavy atom. The number of hydrogen-bond donors (Lipinski definition) is 1. The molecule has 2 aliphatic heterocycles. The van der Waals surface area contributed by atoms with Crippen LogP contribution < -0.4 is 10.2 Å². The van der Waals surface area contributed by atoms with Gasteiger partial charge in [-0.15, -0.1) is 11.3 Å². The van der Waals surface area contributed by atoms with E-state index in [0.717, 1.165) is 15.3 Å². The van der Waals surface area contributed by atoms with Gasteiger partial charge in [-0.2, -0.15) is 0 Å². The van der Waals surface area contributed by atoms with E-state index < -0.39 is 18.0 Å². The molecule has 2 aliphatic rings. The fourth-order valence-electron chi connectivity index (χ4n) is 4.02. The lowest BCUT2D eigenvalue weighted by molar-refractivity contribution is -0.121. The molecule has 1 aromatic carbocycles. The van der Waals surface area contributed by atoms with Crippen LogP contribution >= 0.6 is 11.3 Å². The summed E-state index contributed by atoms with van der Waals surface area (Å²) in [5, 5.41) is 3.10. The van der Waals surface area contributed by atoms with E-state index in [1.165, 1.54) is 29.4 Å². The average Bonchev–Trinajstić information content (AvgIpc) is 3.36. The first-order chi connectivity index (χ1) is 16.3. The summed E-state index contributed by atoms with van der Waals surface area (Å²) < 4.78 is 10.0. The molecule has 2 aromatic rings. The first-order valence-electron chi connectivity index (χ1n) is 10.8. The van der Waals surface area contributed by atoms with Gasteiger partial charge in [0.05, 0.1) is 31.5 Å². The molecule has 1 saturated heterocycles. The number of imide groups is 1. The molecule has 10 nitrogen and oxygen atoms in total. The molecule has 0 radical (unpaired) electrons. The van der Waals surface area contributed by atoms with Crippen molar-refractivity contribution in [2.45, 2.75) is 32.7 Å². The number of nitrogens with zero attached hydrogens (tertiary/aromatic N) is 2. The van der Waals surface area contributed by atoms with Gasteiger partial charge in [-0.05, 0) is 37.1 Å². The number of anilines is 2. The Balaban J connectivity index is 1.63. The molecule has 0 spiro atoms. The van der Waals surface area contributed by atoms with Crippen molar-refractivity contribution >= 4 is 51.8 Å². The number of ether oxygens (including phenoxy) is 2. The van der Waals surface area contributed by atoms with E-state index in [0.29, 0.717) is 23.7 Å². The molecule has 0 atom stereocenters. The van der Waals surface area contributed by atoms with Gasteiger partial charge in [0.1, 0.15) is 5.00 Å². The Bertz CT molecular complexity index is 1170. The predicted octanol–water partition coefficient (Wildman–Crippen LogP) is 2.96. The zero-order valence-electron chi connectivity index (χ0n) is 18.7. The minimum Gasteiger partial charge on any atom is -0.462 e. The highest BCUT2D eigenvalue weighted by Crippen LogP contribution is 2.38. The predicted molar refractivity (Wildman–Crippen MR) is 123 cm³/mol. The fraction of sp³-hybridized carbons (Fsp3) is 0.348. The second-order valence-electron chi connectivity index (χ2n) is 7.70. The molecule has 0 bridgehead atoms. The summed E-state index contributed by atoms with van der Waals surface area (Å²) in [6.45, 7) is 2.49. The Labute approximate surface area is 199 Å². The Hall–Kier alpha value is -3.73. The maximum atomic E-state index is 13.1. The van der Waals surface area contributed by atoms with E-state index in [9.17, 15) is 24.0 Å². The molecular weight excluding hydrogens is 462 g/mol. The van der Waals surface area contributed by atoms with Gasteiger partial charge in [0.15, 0.2) is 0 Å². The van der Waals surface area contributed by atoms with E-state index in [4.69, 9.17) is 9.47 Å². The van der Waals surface area contributed by atoms with E-state index in [2.05, 4.69) is 5.32 Å². The van der Waals surface area contributed by atoms with Crippen molar-refractivity contribution in [2.75, 3.05) is 30.5 Å². The summed E-state index contributed by atoms with van der Waals surface area (Å²) in [7, 11) is 1.30. The summed E-state index contributed by atoms with van der Waals surface area (Å²) in [5.41, 5.74) is 1.56. The summed E-state index contributed by atoms with van der Waals surface area (Å²) in [5.74, 6) is -1.68. The molecule has 178 valence electrons. The highest BCUT2D eigenvalue weighted by Gasteiger charge is 2.32. The highest BCUT2D eigenvalue weighted by molar-refractivity contribution is 7.17. The first-order valence-corrected chi connectivity index (χ1v) is 11.6. The summed E-state index contributed by atoms with van der Waals surface area (Å²) in [6.07, 6.45) is 0.230. The summed E-state index contributed by atoms with van der Waals surface area (Å²) >= 11 is 1.20. The van der Waals surface area contributed by atoms with Crippen LogP contribution in [0.3, 0.4) is 0 Å². The third-order valence-electron chi connectivity index (χ3n) is 5.61. The van der Waals surface area contributed by atoms with Crippen LogP contribution in [0, 0.1) is 0 Å². The lowest BCUT2D eigenvalue weighted by Crippen LogP contribution is -2.35. The van der Waals surface area contributed by atoms with E-state index in [1.54, 1.807) is 25.1 Å². The average molecular weight is 486 g/mol. The number of hydrogen-bond acceptors (Lipinski definition) is 8. The van der Waals surface area contributed by atoms with Gasteiger partial charge < -0.3 is 19.7 Å². The molecule has 3 heterocycles. The lowest BCUT2D eigenvalue weighted by atomic mass is 10.0. The molecule has 11 heteroatoms.